The summed E-state index contributed by atoms with van der Waals surface area (Å²) in [6.07, 6.45) is -1.13. The molecule has 13 heteroatoms. The number of pyridine rings is 1. The zero-order valence-corrected chi connectivity index (χ0v) is 21.3. The molecule has 0 bridgehead atoms. The third-order valence-electron chi connectivity index (χ3n) is 6.94. The first-order valence-corrected chi connectivity index (χ1v) is 12.7. The number of hydrogen-bond acceptors (Lipinski definition) is 8. The van der Waals surface area contributed by atoms with Crippen LogP contribution in [0, 0.1) is 6.92 Å². The second-order valence-electron chi connectivity index (χ2n) is 9.70. The van der Waals surface area contributed by atoms with Crippen LogP contribution in [0.2, 0.25) is 5.02 Å². The van der Waals surface area contributed by atoms with Gasteiger partial charge < -0.3 is 20.7 Å². The van der Waals surface area contributed by atoms with Crippen LogP contribution in [-0.2, 0) is 4.79 Å². The normalized spacial score (nSPS) is 18.4. The summed E-state index contributed by atoms with van der Waals surface area (Å²) in [5.74, 6) is -3.15. The number of aromatic nitrogens is 3. The summed E-state index contributed by atoms with van der Waals surface area (Å²) in [5.41, 5.74) is 7.31. The molecule has 3 aromatic rings. The first-order valence-electron chi connectivity index (χ1n) is 12.3. The Morgan fingerprint density at radius 2 is 1.92 bits per heavy atom. The number of fused-ring (bicyclic) bond motifs is 1. The van der Waals surface area contributed by atoms with Crippen LogP contribution in [0.25, 0.3) is 11.0 Å². The predicted molar refractivity (Wildman–Crippen MR) is 137 cm³/mol. The minimum Gasteiger partial charge on any atom is -0.400 e. The largest absolute Gasteiger partial charge is 0.491 e. The van der Waals surface area contributed by atoms with Crippen molar-refractivity contribution in [3.63, 3.8) is 0 Å². The van der Waals surface area contributed by atoms with Crippen LogP contribution < -0.4 is 26.2 Å². The van der Waals surface area contributed by atoms with Gasteiger partial charge in [0, 0.05) is 36.9 Å². The molecular formula is C25H26ClF3N6O3. The average molecular weight is 551 g/mol. The number of nitrogens with zero attached hydrogens (tertiary/aromatic N) is 4. The highest BCUT2D eigenvalue weighted by atomic mass is 35.5. The molecule has 0 spiro atoms. The third-order valence-corrected chi connectivity index (χ3v) is 7.24. The lowest BCUT2D eigenvalue weighted by Gasteiger charge is -2.21. The Bertz CT molecular complexity index is 1450. The van der Waals surface area contributed by atoms with Crippen LogP contribution in [-0.4, -0.2) is 45.8 Å². The minimum atomic E-state index is -5.24. The summed E-state index contributed by atoms with van der Waals surface area (Å²) >= 11 is 6.52. The van der Waals surface area contributed by atoms with E-state index in [4.69, 9.17) is 22.1 Å². The van der Waals surface area contributed by atoms with Crippen LogP contribution in [0.15, 0.2) is 29.1 Å². The van der Waals surface area contributed by atoms with Gasteiger partial charge in [-0.05, 0) is 49.9 Å². The van der Waals surface area contributed by atoms with Crippen LogP contribution >= 0.6 is 11.6 Å². The monoisotopic (exact) mass is 550 g/mol. The fourth-order valence-corrected chi connectivity index (χ4v) is 5.45. The van der Waals surface area contributed by atoms with Crippen molar-refractivity contribution in [3.05, 3.63) is 45.2 Å². The van der Waals surface area contributed by atoms with Gasteiger partial charge in [-0.15, -0.1) is 0 Å². The predicted octanol–water partition coefficient (Wildman–Crippen LogP) is 4.62. The SMILES string of the molecule is Cc1cc(=O)n(C2CCCC2)c2nc(Nc3ccc(N4CCC(N)C4)c(Cl)c3)nc(OC(=O)C(F)(F)F)c12. The van der Waals surface area contributed by atoms with Crippen molar-refractivity contribution < 1.29 is 22.7 Å². The molecule has 1 aliphatic carbocycles. The maximum absolute atomic E-state index is 13.1. The Kier molecular flexibility index (Phi) is 6.95. The van der Waals surface area contributed by atoms with Crippen molar-refractivity contribution in [2.24, 2.45) is 5.73 Å². The van der Waals surface area contributed by atoms with Crippen LogP contribution in [0.5, 0.6) is 5.88 Å². The number of nitrogens with two attached hydrogens (primary N) is 1. The number of rotatable bonds is 5. The van der Waals surface area contributed by atoms with Gasteiger partial charge in [0.05, 0.1) is 16.1 Å². The molecule has 0 amide bonds. The van der Waals surface area contributed by atoms with Gasteiger partial charge in [-0.25, -0.2) is 4.79 Å². The number of hydrogen-bond donors (Lipinski definition) is 2. The van der Waals surface area contributed by atoms with Gasteiger partial charge in [-0.3, -0.25) is 9.36 Å². The molecule has 0 radical (unpaired) electrons. The van der Waals surface area contributed by atoms with Gasteiger partial charge in [-0.2, -0.15) is 23.1 Å². The smallest absolute Gasteiger partial charge is 0.400 e. The molecule has 5 rings (SSSR count). The Morgan fingerprint density at radius 1 is 1.18 bits per heavy atom. The van der Waals surface area contributed by atoms with Gasteiger partial charge in [0.1, 0.15) is 0 Å². The number of esters is 1. The van der Waals surface area contributed by atoms with E-state index in [0.717, 1.165) is 44.3 Å². The molecule has 1 aliphatic heterocycles. The third kappa shape index (κ3) is 5.14. The summed E-state index contributed by atoms with van der Waals surface area (Å²) in [5, 5.41) is 3.44. The number of ether oxygens (including phenoxy) is 1. The van der Waals surface area contributed by atoms with Gasteiger partial charge in [0.25, 0.3) is 5.56 Å². The summed E-state index contributed by atoms with van der Waals surface area (Å²) < 4.78 is 45.4. The van der Waals surface area contributed by atoms with Gasteiger partial charge in [-0.1, -0.05) is 24.4 Å². The van der Waals surface area contributed by atoms with Crippen molar-refractivity contribution >= 4 is 45.9 Å². The maximum Gasteiger partial charge on any atom is 0.491 e. The van der Waals surface area contributed by atoms with E-state index >= 15 is 0 Å². The number of nitrogens with one attached hydrogen (secondary N) is 1. The van der Waals surface area contributed by atoms with E-state index in [0.29, 0.717) is 22.8 Å². The number of halogens is 4. The van der Waals surface area contributed by atoms with Crippen LogP contribution in [0.3, 0.4) is 0 Å². The number of aryl methyl sites for hydroxylation is 1. The highest BCUT2D eigenvalue weighted by molar-refractivity contribution is 6.33. The van der Waals surface area contributed by atoms with Crippen molar-refractivity contribution in [1.82, 2.24) is 14.5 Å². The summed E-state index contributed by atoms with van der Waals surface area (Å²) in [7, 11) is 0. The van der Waals surface area contributed by atoms with E-state index in [1.807, 2.05) is 0 Å². The quantitative estimate of drug-likeness (QED) is 0.442. The van der Waals surface area contributed by atoms with E-state index < -0.39 is 18.0 Å². The highest BCUT2D eigenvalue weighted by Gasteiger charge is 2.42. The standard InChI is InChI=1S/C25H26ClF3N6O3/c1-13-10-19(36)35(16-4-2-3-5-16)21-20(13)22(38-23(37)25(27,28)29)33-24(32-21)31-15-6-7-18(17(26)11-15)34-9-8-14(30)12-34/h6-7,10-11,14,16H,2-5,8-9,12,30H2,1H3,(H,31,32,33). The topological polar surface area (TPSA) is 115 Å². The molecule has 1 saturated carbocycles. The molecule has 2 aromatic heterocycles. The molecule has 1 atom stereocenters. The molecule has 2 fully saturated rings. The molecule has 38 heavy (non-hydrogen) atoms. The molecule has 3 heterocycles. The second kappa shape index (κ2) is 10.1. The molecule has 1 saturated heterocycles. The van der Waals surface area contributed by atoms with Crippen LogP contribution in [0.4, 0.5) is 30.5 Å². The van der Waals surface area contributed by atoms with Gasteiger partial charge in [0.15, 0.2) is 5.65 Å². The Morgan fingerprint density at radius 3 is 2.55 bits per heavy atom. The number of carbonyl (C=O) groups excluding carboxylic acids is 1. The number of anilines is 3. The maximum atomic E-state index is 13.1. The molecule has 1 unspecified atom stereocenters. The van der Waals surface area contributed by atoms with E-state index in [-0.39, 0.29) is 34.6 Å². The molecule has 2 aliphatic rings. The van der Waals surface area contributed by atoms with E-state index in [9.17, 15) is 22.8 Å². The number of alkyl halides is 3. The average Bonchev–Trinajstić information content (AvgIpc) is 3.50. The van der Waals surface area contributed by atoms with Gasteiger partial charge in [0.2, 0.25) is 11.8 Å². The van der Waals surface area contributed by atoms with Crippen molar-refractivity contribution in [1.29, 1.82) is 0 Å². The Labute approximate surface area is 220 Å². The molecule has 3 N–H and O–H groups in total. The Balaban J connectivity index is 1.59. The first-order chi connectivity index (χ1) is 18.0. The molecular weight excluding hydrogens is 525 g/mol. The second-order valence-corrected chi connectivity index (χ2v) is 10.1. The van der Waals surface area contributed by atoms with E-state index in [2.05, 4.69) is 20.2 Å². The zero-order chi connectivity index (χ0) is 27.2. The lowest BCUT2D eigenvalue weighted by Crippen LogP contribution is -2.29. The van der Waals surface area contributed by atoms with E-state index in [1.54, 1.807) is 18.2 Å². The number of benzene rings is 1. The van der Waals surface area contributed by atoms with Crippen LogP contribution in [0.1, 0.15) is 43.7 Å². The molecule has 1 aromatic carbocycles. The fourth-order valence-electron chi connectivity index (χ4n) is 5.15. The zero-order valence-electron chi connectivity index (χ0n) is 20.5. The highest BCUT2D eigenvalue weighted by Crippen LogP contribution is 2.36. The lowest BCUT2D eigenvalue weighted by molar-refractivity contribution is -0.189. The lowest BCUT2D eigenvalue weighted by atomic mass is 10.1. The number of carbonyl (C=O) groups is 1. The van der Waals surface area contributed by atoms with Crippen molar-refractivity contribution in [3.8, 4) is 5.88 Å². The fraction of sp³-hybridized carbons (Fsp3) is 0.440. The van der Waals surface area contributed by atoms with Crippen molar-refractivity contribution in [2.45, 2.75) is 57.3 Å². The molecule has 202 valence electrons. The van der Waals surface area contributed by atoms with E-state index in [1.165, 1.54) is 17.6 Å². The Hall–Kier alpha value is -3.38. The van der Waals surface area contributed by atoms with Crippen molar-refractivity contribution in [2.75, 3.05) is 23.3 Å². The summed E-state index contributed by atoms with van der Waals surface area (Å²) in [6.45, 7) is 2.98. The minimum absolute atomic E-state index is 0.0635. The first kappa shape index (κ1) is 26.2. The summed E-state index contributed by atoms with van der Waals surface area (Å²) in [6, 6.07) is 6.34. The summed E-state index contributed by atoms with van der Waals surface area (Å²) in [4.78, 5) is 35.4. The van der Waals surface area contributed by atoms with Gasteiger partial charge >= 0.3 is 12.1 Å². The molecule has 9 nitrogen and oxygen atoms in total.